The molecule has 0 atom stereocenters. The normalized spacial score (nSPS) is 10.0. The third kappa shape index (κ3) is 2.29. The van der Waals surface area contributed by atoms with Crippen LogP contribution in [0.4, 0.5) is 0 Å². The molecule has 0 saturated carbocycles. The van der Waals surface area contributed by atoms with Crippen LogP contribution in [0.25, 0.3) is 0 Å². The van der Waals surface area contributed by atoms with Crippen molar-refractivity contribution in [2.24, 2.45) is 0 Å². The summed E-state index contributed by atoms with van der Waals surface area (Å²) in [5.74, 6) is -0.0146. The number of H-pyrrole nitrogens is 1. The fraction of sp³-hybridized carbons (Fsp3) is 0.125. The summed E-state index contributed by atoms with van der Waals surface area (Å²) in [5.41, 5.74) is -0.252. The molecule has 8 heteroatoms. The first-order valence-electron chi connectivity index (χ1n) is 4.35. The average molecular weight is 221 g/mol. The fourth-order valence-corrected chi connectivity index (χ4v) is 1.01. The van der Waals surface area contributed by atoms with Crippen LogP contribution in [0.1, 0.15) is 16.2 Å². The first-order valence-corrected chi connectivity index (χ1v) is 4.35. The van der Waals surface area contributed by atoms with E-state index in [1.54, 1.807) is 0 Å². The van der Waals surface area contributed by atoms with Crippen LogP contribution in [-0.4, -0.2) is 26.5 Å². The van der Waals surface area contributed by atoms with Gasteiger partial charge in [0.1, 0.15) is 6.26 Å². The van der Waals surface area contributed by atoms with Crippen molar-refractivity contribution in [2.45, 2.75) is 6.54 Å². The number of nitrogens with zero attached hydrogens (tertiary/aromatic N) is 3. The lowest BCUT2D eigenvalue weighted by molar-refractivity contribution is 0.0947. The maximum atomic E-state index is 11.5. The minimum absolute atomic E-state index is 0.147. The zero-order valence-electron chi connectivity index (χ0n) is 8.01. The predicted octanol–water partition coefficient (Wildman–Crippen LogP) is -0.917. The Morgan fingerprint density at radius 3 is 3.00 bits per heavy atom. The van der Waals surface area contributed by atoms with Crippen LogP contribution >= 0.6 is 0 Å². The summed E-state index contributed by atoms with van der Waals surface area (Å²) in [6.07, 6.45) is 1.09. The number of nitrogens with one attached hydrogen (secondary N) is 2. The number of aromatic amines is 1. The summed E-state index contributed by atoms with van der Waals surface area (Å²) in [7, 11) is 0. The van der Waals surface area contributed by atoms with Crippen LogP contribution in [-0.2, 0) is 6.54 Å². The van der Waals surface area contributed by atoms with Gasteiger partial charge in [-0.25, -0.2) is 4.79 Å². The molecule has 0 fully saturated rings. The molecule has 2 aromatic rings. The third-order valence-electron chi connectivity index (χ3n) is 1.76. The molecule has 0 saturated heterocycles. The number of aromatic nitrogens is 4. The summed E-state index contributed by atoms with van der Waals surface area (Å²) in [4.78, 5) is 22.1. The van der Waals surface area contributed by atoms with E-state index in [1.807, 2.05) is 0 Å². The molecule has 0 aliphatic rings. The highest BCUT2D eigenvalue weighted by atomic mass is 16.4. The van der Waals surface area contributed by atoms with Gasteiger partial charge in [0.25, 0.3) is 5.91 Å². The van der Waals surface area contributed by atoms with E-state index in [-0.39, 0.29) is 18.0 Å². The summed E-state index contributed by atoms with van der Waals surface area (Å²) >= 11 is 0. The monoisotopic (exact) mass is 221 g/mol. The number of hydrogen-bond acceptors (Lipinski definition) is 6. The molecule has 2 aromatic heterocycles. The smallest absolute Gasteiger partial charge is 0.335 e. The third-order valence-corrected chi connectivity index (χ3v) is 1.76. The van der Waals surface area contributed by atoms with Crippen molar-refractivity contribution in [3.8, 4) is 0 Å². The molecule has 0 aromatic carbocycles. The Hall–Kier alpha value is -2.51. The molecule has 16 heavy (non-hydrogen) atoms. The Morgan fingerprint density at radius 2 is 2.38 bits per heavy atom. The molecule has 0 unspecified atom stereocenters. The first kappa shape index (κ1) is 10.0. The number of rotatable bonds is 3. The summed E-state index contributed by atoms with van der Waals surface area (Å²) in [6, 6.07) is 2.54. The molecule has 0 aliphatic heterocycles. The van der Waals surface area contributed by atoms with E-state index in [0.717, 1.165) is 6.26 Å². The highest BCUT2D eigenvalue weighted by Crippen LogP contribution is 1.95. The lowest BCUT2D eigenvalue weighted by Gasteiger charge is -2.00. The molecule has 0 aliphatic carbocycles. The summed E-state index contributed by atoms with van der Waals surface area (Å²) < 4.78 is 4.55. The Labute approximate surface area is 88.7 Å². The number of carbonyl (C=O) groups excluding carboxylic acids is 1. The molecule has 2 rings (SSSR count). The van der Waals surface area contributed by atoms with E-state index in [4.69, 9.17) is 0 Å². The van der Waals surface area contributed by atoms with Crippen molar-refractivity contribution >= 4 is 5.91 Å². The van der Waals surface area contributed by atoms with E-state index in [2.05, 4.69) is 30.4 Å². The van der Waals surface area contributed by atoms with Crippen LogP contribution in [0.3, 0.4) is 0 Å². The summed E-state index contributed by atoms with van der Waals surface area (Å²) in [5, 5.41) is 15.5. The Kier molecular flexibility index (Phi) is 2.72. The van der Waals surface area contributed by atoms with Gasteiger partial charge in [0, 0.05) is 6.07 Å². The fourth-order valence-electron chi connectivity index (χ4n) is 1.01. The maximum Gasteiger partial charge on any atom is 0.335 e. The van der Waals surface area contributed by atoms with Gasteiger partial charge in [-0.2, -0.15) is 5.21 Å². The highest BCUT2D eigenvalue weighted by molar-refractivity contribution is 5.93. The van der Waals surface area contributed by atoms with Crippen LogP contribution in [0, 0.1) is 0 Å². The van der Waals surface area contributed by atoms with Crippen LogP contribution < -0.4 is 10.9 Å². The standard InChI is InChI=1S/C8H7N5O3/c14-7-2-1-5(4-16-7)8(15)9-3-6-10-12-13-11-6/h1-2,4H,3H2,(H,9,15)(H,10,11,12,13). The largest absolute Gasteiger partial charge is 0.430 e. The maximum absolute atomic E-state index is 11.5. The first-order chi connectivity index (χ1) is 7.75. The number of hydrogen-bond donors (Lipinski definition) is 2. The second-order valence-corrected chi connectivity index (χ2v) is 2.85. The number of tetrazole rings is 1. The Morgan fingerprint density at radius 1 is 1.50 bits per heavy atom. The van der Waals surface area contributed by atoms with Crippen molar-refractivity contribution in [3.05, 3.63) is 40.2 Å². The van der Waals surface area contributed by atoms with Gasteiger partial charge in [-0.15, -0.1) is 10.2 Å². The molecule has 2 N–H and O–H groups in total. The van der Waals surface area contributed by atoms with Crippen molar-refractivity contribution in [1.29, 1.82) is 0 Å². The predicted molar refractivity (Wildman–Crippen MR) is 50.3 cm³/mol. The topological polar surface area (TPSA) is 114 Å². The molecule has 82 valence electrons. The van der Waals surface area contributed by atoms with Crippen molar-refractivity contribution in [2.75, 3.05) is 0 Å². The van der Waals surface area contributed by atoms with Crippen molar-refractivity contribution in [1.82, 2.24) is 25.9 Å². The average Bonchev–Trinajstić information content (AvgIpc) is 2.80. The second-order valence-electron chi connectivity index (χ2n) is 2.85. The highest BCUT2D eigenvalue weighted by Gasteiger charge is 2.07. The van der Waals surface area contributed by atoms with Crippen LogP contribution in [0.5, 0.6) is 0 Å². The van der Waals surface area contributed by atoms with Gasteiger partial charge >= 0.3 is 5.63 Å². The molecule has 8 nitrogen and oxygen atoms in total. The molecular formula is C8H7N5O3. The van der Waals surface area contributed by atoms with Gasteiger partial charge in [0.2, 0.25) is 0 Å². The van der Waals surface area contributed by atoms with Gasteiger partial charge in [-0.1, -0.05) is 5.21 Å². The van der Waals surface area contributed by atoms with Crippen molar-refractivity contribution in [3.63, 3.8) is 0 Å². The quantitative estimate of drug-likeness (QED) is 0.693. The number of carbonyl (C=O) groups is 1. The van der Waals surface area contributed by atoms with E-state index in [1.165, 1.54) is 12.1 Å². The van der Waals surface area contributed by atoms with E-state index >= 15 is 0 Å². The number of amides is 1. The van der Waals surface area contributed by atoms with Gasteiger partial charge in [-0.3, -0.25) is 4.79 Å². The van der Waals surface area contributed by atoms with E-state index < -0.39 is 5.63 Å². The van der Waals surface area contributed by atoms with E-state index in [9.17, 15) is 9.59 Å². The van der Waals surface area contributed by atoms with Crippen LogP contribution in [0.15, 0.2) is 27.6 Å². The zero-order valence-corrected chi connectivity index (χ0v) is 8.01. The van der Waals surface area contributed by atoms with Gasteiger partial charge in [0.15, 0.2) is 5.82 Å². The van der Waals surface area contributed by atoms with Gasteiger partial charge in [-0.05, 0) is 6.07 Å². The summed E-state index contributed by atoms with van der Waals surface area (Å²) in [6.45, 7) is 0.147. The lowest BCUT2D eigenvalue weighted by atomic mass is 10.3. The molecule has 1 amide bonds. The minimum atomic E-state index is -0.505. The Balaban J connectivity index is 1.98. The molecular weight excluding hydrogens is 214 g/mol. The molecule has 2 heterocycles. The van der Waals surface area contributed by atoms with Crippen molar-refractivity contribution < 1.29 is 9.21 Å². The van der Waals surface area contributed by atoms with Gasteiger partial charge < -0.3 is 9.73 Å². The molecule has 0 radical (unpaired) electrons. The Bertz CT molecular complexity index is 512. The lowest BCUT2D eigenvalue weighted by Crippen LogP contribution is -2.23. The van der Waals surface area contributed by atoms with E-state index in [0.29, 0.717) is 5.82 Å². The molecule has 0 bridgehead atoms. The SMILES string of the molecule is O=C(NCc1nn[nH]n1)c1ccc(=O)oc1. The minimum Gasteiger partial charge on any atom is -0.430 e. The van der Waals surface area contributed by atoms with Gasteiger partial charge in [0.05, 0.1) is 12.1 Å². The second kappa shape index (κ2) is 4.34. The molecule has 0 spiro atoms. The zero-order chi connectivity index (χ0) is 11.4. The van der Waals surface area contributed by atoms with Crippen LogP contribution in [0.2, 0.25) is 0 Å².